The number of rotatable bonds is 7. The van der Waals surface area contributed by atoms with Crippen LogP contribution in [0.15, 0.2) is 42.6 Å². The SMILES string of the molecule is COc1ccc(C)cc1CC(=O)N[C@@H](c1ccccn1)C1CCC(CN)CC1. The van der Waals surface area contributed by atoms with Gasteiger partial charge in [-0.05, 0) is 69.2 Å². The zero-order chi connectivity index (χ0) is 19.9. The largest absolute Gasteiger partial charge is 0.496 e. The van der Waals surface area contributed by atoms with Gasteiger partial charge >= 0.3 is 0 Å². The molecule has 0 radical (unpaired) electrons. The molecule has 3 N–H and O–H groups in total. The number of carbonyl (C=O) groups excluding carboxylic acids is 1. The fourth-order valence-electron chi connectivity index (χ4n) is 4.19. The van der Waals surface area contributed by atoms with Gasteiger partial charge in [-0.1, -0.05) is 23.8 Å². The molecule has 1 aromatic heterocycles. The zero-order valence-corrected chi connectivity index (χ0v) is 16.9. The van der Waals surface area contributed by atoms with Crippen molar-refractivity contribution in [2.45, 2.75) is 45.1 Å². The Morgan fingerprint density at radius 2 is 2.04 bits per heavy atom. The normalized spacial score (nSPS) is 20.4. The van der Waals surface area contributed by atoms with Crippen molar-refractivity contribution in [3.63, 3.8) is 0 Å². The van der Waals surface area contributed by atoms with Gasteiger partial charge in [-0.2, -0.15) is 0 Å². The van der Waals surface area contributed by atoms with E-state index < -0.39 is 0 Å². The van der Waals surface area contributed by atoms with E-state index in [1.807, 2.05) is 43.3 Å². The Labute approximate surface area is 167 Å². The second-order valence-electron chi connectivity index (χ2n) is 7.81. The van der Waals surface area contributed by atoms with Crippen LogP contribution in [0.5, 0.6) is 5.75 Å². The fraction of sp³-hybridized carbons (Fsp3) is 0.478. The van der Waals surface area contributed by atoms with Crippen LogP contribution < -0.4 is 15.8 Å². The topological polar surface area (TPSA) is 77.2 Å². The average Bonchev–Trinajstić information content (AvgIpc) is 2.73. The lowest BCUT2D eigenvalue weighted by molar-refractivity contribution is -0.121. The Morgan fingerprint density at radius 3 is 2.68 bits per heavy atom. The highest BCUT2D eigenvalue weighted by Crippen LogP contribution is 2.36. The van der Waals surface area contributed by atoms with Crippen LogP contribution in [-0.4, -0.2) is 24.5 Å². The minimum absolute atomic E-state index is 0.000464. The van der Waals surface area contributed by atoms with Crippen molar-refractivity contribution < 1.29 is 9.53 Å². The Bertz CT molecular complexity index is 771. The van der Waals surface area contributed by atoms with Crippen LogP contribution in [0.3, 0.4) is 0 Å². The van der Waals surface area contributed by atoms with Crippen molar-refractivity contribution >= 4 is 5.91 Å². The van der Waals surface area contributed by atoms with E-state index in [2.05, 4.69) is 10.3 Å². The van der Waals surface area contributed by atoms with E-state index in [1.54, 1.807) is 13.3 Å². The van der Waals surface area contributed by atoms with Crippen LogP contribution in [0.25, 0.3) is 0 Å². The van der Waals surface area contributed by atoms with Crippen molar-refractivity contribution in [1.82, 2.24) is 10.3 Å². The lowest BCUT2D eigenvalue weighted by atomic mass is 9.77. The van der Waals surface area contributed by atoms with E-state index in [-0.39, 0.29) is 11.9 Å². The van der Waals surface area contributed by atoms with Crippen molar-refractivity contribution in [2.75, 3.05) is 13.7 Å². The molecule has 1 saturated carbocycles. The standard InChI is InChI=1S/C23H31N3O2/c1-16-6-11-21(28-2)19(13-16)14-22(27)26-23(20-5-3-4-12-25-20)18-9-7-17(15-24)8-10-18/h3-6,11-13,17-18,23H,7-10,14-15,24H2,1-2H3,(H,26,27)/t17?,18?,23-/m1/s1. The number of hydrogen-bond acceptors (Lipinski definition) is 4. The maximum Gasteiger partial charge on any atom is 0.225 e. The number of carbonyl (C=O) groups is 1. The zero-order valence-electron chi connectivity index (χ0n) is 16.9. The summed E-state index contributed by atoms with van der Waals surface area (Å²) < 4.78 is 5.43. The first-order valence-corrected chi connectivity index (χ1v) is 10.1. The van der Waals surface area contributed by atoms with E-state index in [0.29, 0.717) is 18.3 Å². The Kier molecular flexibility index (Phi) is 7.04. The molecule has 2 aromatic rings. The maximum atomic E-state index is 12.9. The molecule has 1 heterocycles. The van der Waals surface area contributed by atoms with E-state index in [0.717, 1.165) is 54.8 Å². The second-order valence-corrected chi connectivity index (χ2v) is 7.81. The smallest absolute Gasteiger partial charge is 0.225 e. The molecule has 1 atom stereocenters. The maximum absolute atomic E-state index is 12.9. The number of aromatic nitrogens is 1. The predicted molar refractivity (Wildman–Crippen MR) is 111 cm³/mol. The highest BCUT2D eigenvalue weighted by Gasteiger charge is 2.30. The monoisotopic (exact) mass is 381 g/mol. The fourth-order valence-corrected chi connectivity index (χ4v) is 4.19. The van der Waals surface area contributed by atoms with E-state index in [4.69, 9.17) is 10.5 Å². The highest BCUT2D eigenvalue weighted by atomic mass is 16.5. The van der Waals surface area contributed by atoms with E-state index in [9.17, 15) is 4.79 Å². The van der Waals surface area contributed by atoms with E-state index >= 15 is 0 Å². The van der Waals surface area contributed by atoms with Crippen LogP contribution in [-0.2, 0) is 11.2 Å². The van der Waals surface area contributed by atoms with Crippen LogP contribution >= 0.6 is 0 Å². The molecular formula is C23H31N3O2. The summed E-state index contributed by atoms with van der Waals surface area (Å²) in [5, 5.41) is 3.27. The molecule has 0 unspecified atom stereocenters. The number of ether oxygens (including phenoxy) is 1. The summed E-state index contributed by atoms with van der Waals surface area (Å²) in [5.74, 6) is 1.74. The number of pyridine rings is 1. The molecule has 5 heteroatoms. The van der Waals surface area contributed by atoms with Crippen LogP contribution in [0, 0.1) is 18.8 Å². The number of benzene rings is 1. The summed E-state index contributed by atoms with van der Waals surface area (Å²) in [6.45, 7) is 2.77. The van der Waals surface area contributed by atoms with Gasteiger partial charge in [0, 0.05) is 11.8 Å². The molecule has 28 heavy (non-hydrogen) atoms. The molecule has 1 fully saturated rings. The van der Waals surface area contributed by atoms with Gasteiger partial charge in [-0.3, -0.25) is 9.78 Å². The number of aryl methyl sites for hydroxylation is 1. The first kappa shape index (κ1) is 20.3. The third kappa shape index (κ3) is 5.10. The van der Waals surface area contributed by atoms with Crippen LogP contribution in [0.2, 0.25) is 0 Å². The first-order chi connectivity index (χ1) is 13.6. The molecule has 1 aliphatic carbocycles. The number of methoxy groups -OCH3 is 1. The molecule has 150 valence electrons. The van der Waals surface area contributed by atoms with Crippen molar-refractivity contribution in [1.29, 1.82) is 0 Å². The molecule has 5 nitrogen and oxygen atoms in total. The van der Waals surface area contributed by atoms with Crippen molar-refractivity contribution in [3.8, 4) is 5.75 Å². The average molecular weight is 382 g/mol. The summed E-state index contributed by atoms with van der Waals surface area (Å²) >= 11 is 0. The Morgan fingerprint density at radius 1 is 1.25 bits per heavy atom. The molecule has 1 amide bonds. The lowest BCUT2D eigenvalue weighted by Crippen LogP contribution is -2.37. The molecule has 0 aliphatic heterocycles. The third-order valence-electron chi connectivity index (χ3n) is 5.81. The summed E-state index contributed by atoms with van der Waals surface area (Å²) in [6, 6.07) is 11.8. The van der Waals surface area contributed by atoms with Gasteiger partial charge in [0.2, 0.25) is 5.91 Å². The molecule has 3 rings (SSSR count). The molecule has 1 aromatic carbocycles. The summed E-state index contributed by atoms with van der Waals surface area (Å²) in [5.41, 5.74) is 8.81. The predicted octanol–water partition coefficient (Wildman–Crippen LogP) is 3.56. The van der Waals surface area contributed by atoms with Gasteiger partial charge in [-0.25, -0.2) is 0 Å². The molecule has 1 aliphatic rings. The van der Waals surface area contributed by atoms with Crippen molar-refractivity contribution in [3.05, 3.63) is 59.4 Å². The molecule has 0 spiro atoms. The van der Waals surface area contributed by atoms with Gasteiger partial charge in [0.15, 0.2) is 0 Å². The van der Waals surface area contributed by atoms with Gasteiger partial charge in [0.25, 0.3) is 0 Å². The number of nitrogens with one attached hydrogen (secondary N) is 1. The number of hydrogen-bond donors (Lipinski definition) is 2. The van der Waals surface area contributed by atoms with Gasteiger partial charge < -0.3 is 15.8 Å². The summed E-state index contributed by atoms with van der Waals surface area (Å²) in [7, 11) is 1.64. The lowest BCUT2D eigenvalue weighted by Gasteiger charge is -2.33. The van der Waals surface area contributed by atoms with Gasteiger partial charge in [-0.15, -0.1) is 0 Å². The third-order valence-corrected chi connectivity index (χ3v) is 5.81. The number of amides is 1. The minimum Gasteiger partial charge on any atom is -0.496 e. The highest BCUT2D eigenvalue weighted by molar-refractivity contribution is 5.79. The summed E-state index contributed by atoms with van der Waals surface area (Å²) in [6.07, 6.45) is 6.46. The molecule has 0 bridgehead atoms. The van der Waals surface area contributed by atoms with E-state index in [1.165, 1.54) is 0 Å². The molecular weight excluding hydrogens is 350 g/mol. The quantitative estimate of drug-likeness (QED) is 0.769. The summed E-state index contributed by atoms with van der Waals surface area (Å²) in [4.78, 5) is 17.5. The Balaban J connectivity index is 1.74. The number of nitrogens with zero attached hydrogens (tertiary/aromatic N) is 1. The van der Waals surface area contributed by atoms with Crippen LogP contribution in [0.4, 0.5) is 0 Å². The number of nitrogens with two attached hydrogens (primary N) is 1. The van der Waals surface area contributed by atoms with Gasteiger partial charge in [0.05, 0.1) is 25.3 Å². The van der Waals surface area contributed by atoms with Crippen LogP contribution in [0.1, 0.15) is 48.5 Å². The minimum atomic E-state index is -0.0665. The van der Waals surface area contributed by atoms with Gasteiger partial charge in [0.1, 0.15) is 5.75 Å². The first-order valence-electron chi connectivity index (χ1n) is 10.1. The molecule has 0 saturated heterocycles. The van der Waals surface area contributed by atoms with Crippen molar-refractivity contribution in [2.24, 2.45) is 17.6 Å². The Hall–Kier alpha value is -2.40. The second kappa shape index (κ2) is 9.69.